The number of nitrogens with two attached hydrogens (primary N) is 1. The van der Waals surface area contributed by atoms with Crippen molar-refractivity contribution in [2.24, 2.45) is 17.6 Å². The van der Waals surface area contributed by atoms with Gasteiger partial charge in [-0.1, -0.05) is 12.1 Å². The molecular weight excluding hydrogens is 571 g/mol. The molecule has 12 heteroatoms. The summed E-state index contributed by atoms with van der Waals surface area (Å²) >= 11 is 0. The largest absolute Gasteiger partial charge is 0.510 e. The van der Waals surface area contributed by atoms with Gasteiger partial charge in [0.1, 0.15) is 28.4 Å². The molecule has 0 radical (unpaired) electrons. The number of carbonyl (C=O) groups excluding carboxylic acids is 3. The Morgan fingerprint density at radius 1 is 1.14 bits per heavy atom. The van der Waals surface area contributed by atoms with Crippen LogP contribution in [0, 0.1) is 17.7 Å². The van der Waals surface area contributed by atoms with Crippen LogP contribution in [0.5, 0.6) is 0 Å². The molecule has 3 aromatic rings. The van der Waals surface area contributed by atoms with E-state index in [-0.39, 0.29) is 41.3 Å². The van der Waals surface area contributed by atoms with Gasteiger partial charge in [-0.25, -0.2) is 9.37 Å². The molecule has 0 aliphatic heterocycles. The third kappa shape index (κ3) is 4.16. The van der Waals surface area contributed by atoms with E-state index >= 15 is 0 Å². The van der Waals surface area contributed by atoms with Gasteiger partial charge in [0.05, 0.1) is 11.6 Å². The SMILES string of the molecule is CN(C)c1cc2nc(C=Cc3ccc(F)cc3)oc2c2c1C[C@H]1C[C@H]3[C@H](N(C)C)C(O)=C(C(N)=O)C(=O)[C@@]3(O)C(O)=C1C2=O. The average Bonchev–Trinajstić information content (AvgIpc) is 3.36. The van der Waals surface area contributed by atoms with Crippen LogP contribution in [0.1, 0.15) is 33.8 Å². The van der Waals surface area contributed by atoms with Crippen LogP contribution in [0.15, 0.2) is 57.4 Å². The van der Waals surface area contributed by atoms with E-state index in [0.717, 1.165) is 0 Å². The van der Waals surface area contributed by atoms with Crippen molar-refractivity contribution in [1.82, 2.24) is 9.88 Å². The molecule has 1 aromatic heterocycles. The quantitative estimate of drug-likeness (QED) is 0.319. The molecule has 11 nitrogen and oxygen atoms in total. The van der Waals surface area contributed by atoms with Crippen LogP contribution in [0.4, 0.5) is 10.1 Å². The first-order chi connectivity index (χ1) is 20.7. The van der Waals surface area contributed by atoms with Crippen molar-refractivity contribution in [2.75, 3.05) is 33.1 Å². The number of hydrogen-bond donors (Lipinski definition) is 4. The Kier molecular flexibility index (Phi) is 6.74. The van der Waals surface area contributed by atoms with Gasteiger partial charge in [-0.05, 0) is 68.3 Å². The number of carbonyl (C=O) groups is 3. The lowest BCUT2D eigenvalue weighted by atomic mass is 9.58. The summed E-state index contributed by atoms with van der Waals surface area (Å²) in [6, 6.07) is 6.59. The summed E-state index contributed by atoms with van der Waals surface area (Å²) in [7, 11) is 6.83. The van der Waals surface area contributed by atoms with Crippen LogP contribution in [-0.4, -0.2) is 82.5 Å². The highest BCUT2D eigenvalue weighted by Gasteiger charge is 2.63. The summed E-state index contributed by atoms with van der Waals surface area (Å²) in [5, 5.41) is 34.4. The van der Waals surface area contributed by atoms with Crippen molar-refractivity contribution in [2.45, 2.75) is 24.5 Å². The Hall–Kier alpha value is -4.81. The van der Waals surface area contributed by atoms with Crippen molar-refractivity contribution in [3.05, 3.63) is 81.4 Å². The number of ketones is 2. The van der Waals surface area contributed by atoms with Crippen LogP contribution >= 0.6 is 0 Å². The van der Waals surface area contributed by atoms with Gasteiger partial charge in [0.2, 0.25) is 11.7 Å². The van der Waals surface area contributed by atoms with Gasteiger partial charge >= 0.3 is 0 Å². The Labute approximate surface area is 251 Å². The molecule has 0 saturated carbocycles. The molecule has 3 aliphatic rings. The van der Waals surface area contributed by atoms with Gasteiger partial charge in [0, 0.05) is 37.3 Å². The van der Waals surface area contributed by atoms with E-state index in [9.17, 15) is 34.1 Å². The van der Waals surface area contributed by atoms with Gasteiger partial charge in [-0.15, -0.1) is 0 Å². The predicted octanol–water partition coefficient (Wildman–Crippen LogP) is 2.93. The number of oxazole rings is 1. The number of primary amides is 1. The number of anilines is 1. The summed E-state index contributed by atoms with van der Waals surface area (Å²) in [5.41, 5.74) is 4.49. The average molecular weight is 603 g/mol. The van der Waals surface area contributed by atoms with Gasteiger partial charge < -0.3 is 30.4 Å². The monoisotopic (exact) mass is 602 g/mol. The maximum Gasteiger partial charge on any atom is 0.255 e. The molecule has 5 N–H and O–H groups in total. The van der Waals surface area contributed by atoms with E-state index in [1.54, 1.807) is 44.4 Å². The lowest BCUT2D eigenvalue weighted by Crippen LogP contribution is -2.63. The Morgan fingerprint density at radius 3 is 2.43 bits per heavy atom. The molecule has 4 atom stereocenters. The lowest BCUT2D eigenvalue weighted by molar-refractivity contribution is -0.148. The van der Waals surface area contributed by atoms with E-state index in [2.05, 4.69) is 4.98 Å². The number of amides is 1. The van der Waals surface area contributed by atoms with Crippen molar-refractivity contribution in [1.29, 1.82) is 0 Å². The minimum Gasteiger partial charge on any atom is -0.510 e. The van der Waals surface area contributed by atoms with E-state index < -0.39 is 58.0 Å². The normalized spacial score (nSPS) is 25.1. The van der Waals surface area contributed by atoms with Crippen LogP contribution < -0.4 is 10.6 Å². The standard InChI is InChI=1S/C32H31FN4O7/c1-36(2)20-13-19-28(44-21(35-19)10-7-14-5-8-16(33)9-6-14)23-17(20)11-15-12-18-25(37(3)4)27(39)24(31(34)42)30(41)32(18,43)29(40)22(15)26(23)38/h5-10,13,15,18,25,39-40,43H,11-12H2,1-4H3,(H2,34,42)/t15-,18-,25-,32-/m0/s1. The first-order valence-corrected chi connectivity index (χ1v) is 14.0. The third-order valence-electron chi connectivity index (χ3n) is 8.87. The summed E-state index contributed by atoms with van der Waals surface area (Å²) < 4.78 is 19.4. The lowest BCUT2D eigenvalue weighted by Gasteiger charge is -2.50. The zero-order chi connectivity index (χ0) is 31.8. The Balaban J connectivity index is 1.52. The maximum absolute atomic E-state index is 14.3. The first-order valence-electron chi connectivity index (χ1n) is 14.0. The summed E-state index contributed by atoms with van der Waals surface area (Å²) in [4.78, 5) is 48.0. The molecule has 1 amide bonds. The molecule has 0 bridgehead atoms. The number of aliphatic hydroxyl groups excluding tert-OH is 2. The molecule has 0 fully saturated rings. The highest BCUT2D eigenvalue weighted by Crippen LogP contribution is 2.53. The van der Waals surface area contributed by atoms with Gasteiger partial charge in [-0.3, -0.25) is 19.3 Å². The van der Waals surface area contributed by atoms with E-state index in [1.807, 2.05) is 19.0 Å². The van der Waals surface area contributed by atoms with E-state index in [1.165, 1.54) is 17.0 Å². The zero-order valence-corrected chi connectivity index (χ0v) is 24.5. The second kappa shape index (κ2) is 10.1. The number of rotatable bonds is 5. The molecule has 44 heavy (non-hydrogen) atoms. The number of Topliss-reactive ketones (excluding diaryl/α,β-unsaturated/α-hetero) is 2. The fraction of sp³-hybridized carbons (Fsp3) is 0.312. The van der Waals surface area contributed by atoms with Crippen molar-refractivity contribution >= 4 is 46.4 Å². The predicted molar refractivity (Wildman–Crippen MR) is 159 cm³/mol. The number of allylic oxidation sites excluding steroid dienone is 1. The maximum atomic E-state index is 14.3. The first kappa shape index (κ1) is 29.3. The van der Waals surface area contributed by atoms with Crippen LogP contribution in [0.2, 0.25) is 0 Å². The molecule has 0 spiro atoms. The summed E-state index contributed by atoms with van der Waals surface area (Å²) in [5.74, 6) is -6.51. The Morgan fingerprint density at radius 2 is 1.82 bits per heavy atom. The number of hydrogen-bond acceptors (Lipinski definition) is 10. The number of fused-ring (bicyclic) bond motifs is 5. The van der Waals surface area contributed by atoms with E-state index in [4.69, 9.17) is 10.2 Å². The van der Waals surface area contributed by atoms with E-state index in [0.29, 0.717) is 22.3 Å². The smallest absolute Gasteiger partial charge is 0.255 e. The number of aliphatic hydroxyl groups is 3. The van der Waals surface area contributed by atoms with Gasteiger partial charge in [0.15, 0.2) is 17.0 Å². The molecule has 0 saturated heterocycles. The van der Waals surface area contributed by atoms with Crippen molar-refractivity contribution in [3.8, 4) is 0 Å². The van der Waals surface area contributed by atoms with Crippen molar-refractivity contribution < 1.29 is 38.5 Å². The highest BCUT2D eigenvalue weighted by molar-refractivity contribution is 6.25. The minimum absolute atomic E-state index is 0.0404. The summed E-state index contributed by atoms with van der Waals surface area (Å²) in [6.45, 7) is 0. The molecule has 0 unspecified atom stereocenters. The molecule has 228 valence electrons. The van der Waals surface area contributed by atoms with Gasteiger partial charge in [0.25, 0.3) is 5.91 Å². The second-order valence-electron chi connectivity index (χ2n) is 11.9. The highest BCUT2D eigenvalue weighted by atomic mass is 19.1. The van der Waals surface area contributed by atoms with Crippen molar-refractivity contribution in [3.63, 3.8) is 0 Å². The number of halogens is 1. The molecule has 6 rings (SSSR count). The topological polar surface area (TPSA) is 170 Å². The second-order valence-corrected chi connectivity index (χ2v) is 11.9. The van der Waals surface area contributed by atoms with Crippen LogP contribution in [0.3, 0.4) is 0 Å². The molecule has 2 aromatic carbocycles. The molecular formula is C32H31FN4O7. The zero-order valence-electron chi connectivity index (χ0n) is 24.5. The molecule has 1 heterocycles. The molecule has 3 aliphatic carbocycles. The fourth-order valence-corrected chi connectivity index (χ4v) is 6.92. The third-order valence-corrected chi connectivity index (χ3v) is 8.87. The fourth-order valence-electron chi connectivity index (χ4n) is 6.92. The number of benzene rings is 2. The minimum atomic E-state index is -2.67. The number of likely N-dealkylation sites (N-methyl/N-ethyl adjacent to an activating group) is 1. The van der Waals surface area contributed by atoms with Crippen LogP contribution in [0.25, 0.3) is 23.3 Å². The number of nitrogens with zero attached hydrogens (tertiary/aromatic N) is 3. The Bertz CT molecular complexity index is 1850. The number of aromatic nitrogens is 1. The van der Waals surface area contributed by atoms with Gasteiger partial charge in [-0.2, -0.15) is 0 Å². The van der Waals surface area contributed by atoms with Crippen LogP contribution in [-0.2, 0) is 16.0 Å². The summed E-state index contributed by atoms with van der Waals surface area (Å²) in [6.07, 6.45) is 3.56.